The minimum atomic E-state index is -0.890. The quantitative estimate of drug-likeness (QED) is 0.172. The molecule has 10 heteroatoms. The smallest absolute Gasteiger partial charge is 0.335 e. The van der Waals surface area contributed by atoms with Gasteiger partial charge in [-0.2, -0.15) is 0 Å². The highest BCUT2D eigenvalue weighted by atomic mass is 79.9. The number of carbonyl (C=O) groups excluding carboxylic acids is 3. The molecule has 1 aliphatic heterocycles. The number of rotatable bonds is 5. The Labute approximate surface area is 244 Å². The van der Waals surface area contributed by atoms with E-state index >= 15 is 0 Å². The fraction of sp³-hybridized carbons (Fsp3) is 0.0357. The van der Waals surface area contributed by atoms with Gasteiger partial charge in [0.15, 0.2) is 0 Å². The van der Waals surface area contributed by atoms with Gasteiger partial charge in [0.1, 0.15) is 17.9 Å². The maximum atomic E-state index is 13.4. The van der Waals surface area contributed by atoms with Crippen molar-refractivity contribution >= 4 is 95.4 Å². The number of benzene rings is 4. The molecule has 4 aromatic rings. The van der Waals surface area contributed by atoms with Crippen molar-refractivity contribution in [1.82, 2.24) is 5.32 Å². The van der Waals surface area contributed by atoms with Gasteiger partial charge in [0.25, 0.3) is 11.8 Å². The van der Waals surface area contributed by atoms with Crippen LogP contribution in [0.3, 0.4) is 0 Å². The van der Waals surface area contributed by atoms with Gasteiger partial charge < -0.3 is 4.74 Å². The third kappa shape index (κ3) is 5.22. The minimum Gasteiger partial charge on any atom is -0.487 e. The first-order valence-corrected chi connectivity index (χ1v) is 13.5. The van der Waals surface area contributed by atoms with E-state index < -0.39 is 17.8 Å². The van der Waals surface area contributed by atoms with E-state index in [4.69, 9.17) is 27.9 Å². The van der Waals surface area contributed by atoms with Crippen molar-refractivity contribution in [3.63, 3.8) is 0 Å². The Morgan fingerprint density at radius 2 is 1.66 bits per heavy atom. The summed E-state index contributed by atoms with van der Waals surface area (Å²) in [6.07, 6.45) is 1.39. The van der Waals surface area contributed by atoms with Crippen LogP contribution in [0.1, 0.15) is 11.1 Å². The first kappa shape index (κ1) is 26.4. The molecule has 5 rings (SSSR count). The normalized spacial score (nSPS) is 14.8. The molecule has 0 aliphatic carbocycles. The fourth-order valence-corrected chi connectivity index (χ4v) is 5.74. The lowest BCUT2D eigenvalue weighted by atomic mass is 10.0. The van der Waals surface area contributed by atoms with Crippen LogP contribution < -0.4 is 15.0 Å². The van der Waals surface area contributed by atoms with E-state index in [9.17, 15) is 14.4 Å². The van der Waals surface area contributed by atoms with E-state index in [2.05, 4.69) is 37.2 Å². The number of hydrogen-bond acceptors (Lipinski definition) is 4. The highest BCUT2D eigenvalue weighted by molar-refractivity contribution is 9.11. The molecule has 1 fully saturated rings. The number of hydrogen-bond donors (Lipinski definition) is 1. The van der Waals surface area contributed by atoms with Crippen LogP contribution in [0, 0.1) is 0 Å². The standard InChI is InChI=1S/C28H16Br2Cl2N2O4/c29-18-10-17(25(22(30)12-18)38-14-16-6-3-5-15-4-1-2-7-20(15)16)11-21-26(35)33-28(37)34(27(21)36)19-8-9-23(31)24(32)13-19/h1-13H,14H2,(H,33,35,37)/b21-11+. The van der Waals surface area contributed by atoms with Crippen molar-refractivity contribution < 1.29 is 19.1 Å². The van der Waals surface area contributed by atoms with Crippen LogP contribution in [-0.2, 0) is 16.2 Å². The number of barbiturate groups is 1. The lowest BCUT2D eigenvalue weighted by molar-refractivity contribution is -0.122. The van der Waals surface area contributed by atoms with Gasteiger partial charge in [0.2, 0.25) is 0 Å². The van der Waals surface area contributed by atoms with Gasteiger partial charge >= 0.3 is 6.03 Å². The van der Waals surface area contributed by atoms with Gasteiger partial charge in [0.05, 0.1) is 20.2 Å². The van der Waals surface area contributed by atoms with Crippen LogP contribution in [-0.4, -0.2) is 17.8 Å². The predicted octanol–water partition coefficient (Wildman–Crippen LogP) is 7.92. The summed E-state index contributed by atoms with van der Waals surface area (Å²) in [7, 11) is 0. The molecule has 38 heavy (non-hydrogen) atoms. The molecule has 4 aromatic carbocycles. The highest BCUT2D eigenvalue weighted by Gasteiger charge is 2.37. The van der Waals surface area contributed by atoms with Crippen molar-refractivity contribution in [3.8, 4) is 5.75 Å². The molecule has 0 saturated carbocycles. The molecule has 0 radical (unpaired) electrons. The van der Waals surface area contributed by atoms with Crippen LogP contribution in [0.4, 0.5) is 10.5 Å². The Morgan fingerprint density at radius 1 is 0.895 bits per heavy atom. The van der Waals surface area contributed by atoms with Crippen LogP contribution in [0.15, 0.2) is 87.3 Å². The van der Waals surface area contributed by atoms with Gasteiger partial charge in [-0.3, -0.25) is 14.9 Å². The average Bonchev–Trinajstić information content (AvgIpc) is 2.88. The second kappa shape index (κ2) is 10.9. The van der Waals surface area contributed by atoms with Gasteiger partial charge in [-0.05, 0) is 68.7 Å². The molecule has 1 saturated heterocycles. The molecule has 0 bridgehead atoms. The number of urea groups is 1. The molecule has 1 aliphatic rings. The van der Waals surface area contributed by atoms with Crippen molar-refractivity contribution in [2.45, 2.75) is 6.61 Å². The molecule has 1 N–H and O–H groups in total. The zero-order valence-electron chi connectivity index (χ0n) is 19.3. The fourth-order valence-electron chi connectivity index (χ4n) is 4.08. The van der Waals surface area contributed by atoms with Gasteiger partial charge in [-0.15, -0.1) is 0 Å². The molecule has 0 spiro atoms. The lowest BCUT2D eigenvalue weighted by Crippen LogP contribution is -2.54. The summed E-state index contributed by atoms with van der Waals surface area (Å²) >= 11 is 19.1. The zero-order valence-corrected chi connectivity index (χ0v) is 24.0. The first-order chi connectivity index (χ1) is 18.2. The number of carbonyl (C=O) groups is 3. The third-order valence-electron chi connectivity index (χ3n) is 5.85. The van der Waals surface area contributed by atoms with E-state index in [1.54, 1.807) is 12.1 Å². The van der Waals surface area contributed by atoms with Gasteiger partial charge in [0, 0.05) is 10.0 Å². The Hall–Kier alpha value is -3.17. The largest absolute Gasteiger partial charge is 0.487 e. The molecule has 190 valence electrons. The number of imide groups is 2. The second-order valence-electron chi connectivity index (χ2n) is 8.29. The summed E-state index contributed by atoms with van der Waals surface area (Å²) in [6.45, 7) is 0.242. The number of nitrogens with one attached hydrogen (secondary N) is 1. The van der Waals surface area contributed by atoms with E-state index in [1.165, 1.54) is 24.3 Å². The summed E-state index contributed by atoms with van der Waals surface area (Å²) < 4.78 is 7.52. The van der Waals surface area contributed by atoms with E-state index in [0.29, 0.717) is 20.3 Å². The number of amides is 4. The molecule has 0 atom stereocenters. The van der Waals surface area contributed by atoms with Crippen molar-refractivity contribution in [2.75, 3.05) is 4.90 Å². The van der Waals surface area contributed by atoms with Crippen molar-refractivity contribution in [3.05, 3.63) is 108 Å². The van der Waals surface area contributed by atoms with Gasteiger partial charge in [-0.1, -0.05) is 81.6 Å². The number of fused-ring (bicyclic) bond motifs is 1. The van der Waals surface area contributed by atoms with Crippen molar-refractivity contribution in [2.24, 2.45) is 0 Å². The second-order valence-corrected chi connectivity index (χ2v) is 10.9. The van der Waals surface area contributed by atoms with E-state index in [1.807, 2.05) is 42.5 Å². The van der Waals surface area contributed by atoms with Gasteiger partial charge in [-0.25, -0.2) is 9.69 Å². The first-order valence-electron chi connectivity index (χ1n) is 11.2. The predicted molar refractivity (Wildman–Crippen MR) is 156 cm³/mol. The number of ether oxygens (including phenoxy) is 1. The summed E-state index contributed by atoms with van der Waals surface area (Å²) in [5.74, 6) is -1.21. The molecule has 4 amide bonds. The number of nitrogens with zero attached hydrogens (tertiary/aromatic N) is 1. The Balaban J connectivity index is 1.52. The van der Waals surface area contributed by atoms with E-state index in [0.717, 1.165) is 21.2 Å². The summed E-state index contributed by atoms with van der Waals surface area (Å²) in [5.41, 5.74) is 1.34. The Morgan fingerprint density at radius 3 is 2.45 bits per heavy atom. The number of halogens is 4. The summed E-state index contributed by atoms with van der Waals surface area (Å²) in [6, 6.07) is 20.9. The summed E-state index contributed by atoms with van der Waals surface area (Å²) in [5, 5.41) is 4.77. The highest BCUT2D eigenvalue weighted by Crippen LogP contribution is 2.36. The van der Waals surface area contributed by atoms with E-state index in [-0.39, 0.29) is 27.9 Å². The van der Waals surface area contributed by atoms with Crippen LogP contribution in [0.25, 0.3) is 16.8 Å². The third-order valence-corrected chi connectivity index (χ3v) is 7.64. The van der Waals surface area contributed by atoms with Crippen molar-refractivity contribution in [1.29, 1.82) is 0 Å². The molecular formula is C28H16Br2Cl2N2O4. The minimum absolute atomic E-state index is 0.159. The Bertz CT molecular complexity index is 1670. The topological polar surface area (TPSA) is 75.7 Å². The molecule has 6 nitrogen and oxygen atoms in total. The monoisotopic (exact) mass is 672 g/mol. The number of anilines is 1. The summed E-state index contributed by atoms with van der Waals surface area (Å²) in [4.78, 5) is 39.6. The molecular weight excluding hydrogens is 659 g/mol. The SMILES string of the molecule is O=C1NC(=O)N(c2ccc(Cl)c(Cl)c2)C(=O)/C1=C/c1cc(Br)cc(Br)c1OCc1cccc2ccccc12. The maximum absolute atomic E-state index is 13.4. The average molecular weight is 675 g/mol. The molecule has 1 heterocycles. The molecule has 0 aromatic heterocycles. The van der Waals surface area contributed by atoms with Crippen LogP contribution >= 0.6 is 55.1 Å². The lowest BCUT2D eigenvalue weighted by Gasteiger charge is -2.26. The molecule has 0 unspecified atom stereocenters. The van der Waals surface area contributed by atoms with Crippen LogP contribution in [0.2, 0.25) is 10.0 Å². The Kier molecular flexibility index (Phi) is 7.59. The zero-order chi connectivity index (χ0) is 27.0. The maximum Gasteiger partial charge on any atom is 0.335 e. The van der Waals surface area contributed by atoms with Crippen LogP contribution in [0.5, 0.6) is 5.75 Å².